The number of hydrogen-bond acceptors (Lipinski definition) is 4. The van der Waals surface area contributed by atoms with Crippen molar-refractivity contribution in [3.63, 3.8) is 0 Å². The Hall–Kier alpha value is -2.11. The largest absolute Gasteiger partial charge is 0.480 e. The summed E-state index contributed by atoms with van der Waals surface area (Å²) in [5, 5.41) is 2.49. The summed E-state index contributed by atoms with van der Waals surface area (Å²) >= 11 is 0. The first kappa shape index (κ1) is 11.0. The second kappa shape index (κ2) is 4.41. The van der Waals surface area contributed by atoms with Crippen molar-refractivity contribution >= 4 is 17.5 Å². The molecular weight excluding hydrogens is 198 g/mol. The first-order chi connectivity index (χ1) is 7.04. The van der Waals surface area contributed by atoms with Gasteiger partial charge in [0, 0.05) is 6.92 Å². The van der Waals surface area contributed by atoms with E-state index in [0.29, 0.717) is 5.69 Å². The highest BCUT2D eigenvalue weighted by atomic mass is 16.5. The lowest BCUT2D eigenvalue weighted by Crippen LogP contribution is -2.15. The van der Waals surface area contributed by atoms with Gasteiger partial charge < -0.3 is 15.8 Å². The van der Waals surface area contributed by atoms with Gasteiger partial charge in [0.05, 0.1) is 19.0 Å². The van der Waals surface area contributed by atoms with Crippen LogP contribution in [0.15, 0.2) is 12.3 Å². The molecule has 2 amide bonds. The summed E-state index contributed by atoms with van der Waals surface area (Å²) in [4.78, 5) is 25.6. The number of carbonyl (C=O) groups is 2. The van der Waals surface area contributed by atoms with E-state index in [0.717, 1.165) is 0 Å². The average molecular weight is 209 g/mol. The van der Waals surface area contributed by atoms with Crippen molar-refractivity contribution in [3.8, 4) is 5.88 Å². The monoisotopic (exact) mass is 209 g/mol. The fourth-order valence-corrected chi connectivity index (χ4v) is 1.06. The van der Waals surface area contributed by atoms with Crippen LogP contribution in [-0.2, 0) is 4.79 Å². The first-order valence-corrected chi connectivity index (χ1v) is 4.16. The number of pyridine rings is 1. The Balaban J connectivity index is 3.10. The number of nitrogens with one attached hydrogen (secondary N) is 1. The van der Waals surface area contributed by atoms with Crippen LogP contribution < -0.4 is 15.8 Å². The molecule has 0 aromatic carbocycles. The summed E-state index contributed by atoms with van der Waals surface area (Å²) in [6.07, 6.45) is 1.38. The van der Waals surface area contributed by atoms with E-state index >= 15 is 0 Å². The van der Waals surface area contributed by atoms with E-state index in [9.17, 15) is 9.59 Å². The molecule has 0 saturated heterocycles. The molecule has 0 atom stereocenters. The van der Waals surface area contributed by atoms with Crippen LogP contribution in [0.25, 0.3) is 0 Å². The lowest BCUT2D eigenvalue weighted by Gasteiger charge is -2.06. The molecule has 3 N–H and O–H groups in total. The third-order valence-corrected chi connectivity index (χ3v) is 1.63. The summed E-state index contributed by atoms with van der Waals surface area (Å²) in [5.41, 5.74) is 5.65. The average Bonchev–Trinajstić information content (AvgIpc) is 2.16. The minimum absolute atomic E-state index is 0.128. The van der Waals surface area contributed by atoms with Gasteiger partial charge in [0.25, 0.3) is 5.91 Å². The Morgan fingerprint density at radius 3 is 2.67 bits per heavy atom. The second-order valence-corrected chi connectivity index (χ2v) is 2.83. The minimum atomic E-state index is -0.661. The van der Waals surface area contributed by atoms with Gasteiger partial charge in [-0.1, -0.05) is 0 Å². The summed E-state index contributed by atoms with van der Waals surface area (Å²) in [5.74, 6) is -0.777. The van der Waals surface area contributed by atoms with Gasteiger partial charge in [-0.3, -0.25) is 9.59 Å². The zero-order valence-electron chi connectivity index (χ0n) is 8.40. The topological polar surface area (TPSA) is 94.3 Å². The van der Waals surface area contributed by atoms with Crippen molar-refractivity contribution in [2.75, 3.05) is 12.4 Å². The molecular formula is C9H11N3O3. The molecule has 0 aliphatic rings. The number of anilines is 1. The van der Waals surface area contributed by atoms with E-state index in [4.69, 9.17) is 10.5 Å². The van der Waals surface area contributed by atoms with Gasteiger partial charge >= 0.3 is 0 Å². The fourth-order valence-electron chi connectivity index (χ4n) is 1.06. The van der Waals surface area contributed by atoms with Crippen molar-refractivity contribution in [3.05, 3.63) is 17.8 Å². The zero-order chi connectivity index (χ0) is 11.4. The molecule has 0 aliphatic heterocycles. The van der Waals surface area contributed by atoms with Gasteiger partial charge in [0.2, 0.25) is 11.8 Å². The van der Waals surface area contributed by atoms with Crippen LogP contribution in [0.3, 0.4) is 0 Å². The summed E-state index contributed by atoms with van der Waals surface area (Å²) in [6, 6.07) is 1.41. The van der Waals surface area contributed by atoms with Crippen LogP contribution in [0, 0.1) is 0 Å². The van der Waals surface area contributed by atoms with Crippen LogP contribution >= 0.6 is 0 Å². The van der Waals surface area contributed by atoms with Gasteiger partial charge in [-0.25, -0.2) is 4.98 Å². The normalized spacial score (nSPS) is 9.47. The third kappa shape index (κ3) is 2.67. The highest BCUT2D eigenvalue weighted by Gasteiger charge is 2.11. The van der Waals surface area contributed by atoms with Gasteiger partial charge in [-0.05, 0) is 6.07 Å². The Kier molecular flexibility index (Phi) is 3.22. The van der Waals surface area contributed by atoms with Gasteiger partial charge in [0.15, 0.2) is 0 Å². The van der Waals surface area contributed by atoms with Crippen LogP contribution in [-0.4, -0.2) is 23.9 Å². The van der Waals surface area contributed by atoms with E-state index in [1.54, 1.807) is 0 Å². The number of carbonyl (C=O) groups excluding carboxylic acids is 2. The van der Waals surface area contributed by atoms with E-state index in [1.165, 1.54) is 26.3 Å². The Morgan fingerprint density at radius 1 is 1.53 bits per heavy atom. The number of nitrogens with zero attached hydrogens (tertiary/aromatic N) is 1. The highest BCUT2D eigenvalue weighted by molar-refractivity contribution is 5.97. The first-order valence-electron chi connectivity index (χ1n) is 4.16. The number of aromatic nitrogens is 1. The third-order valence-electron chi connectivity index (χ3n) is 1.63. The number of nitrogens with two attached hydrogens (primary N) is 1. The quantitative estimate of drug-likeness (QED) is 0.740. The molecule has 0 fully saturated rings. The Labute approximate surface area is 86.4 Å². The molecule has 0 radical (unpaired) electrons. The van der Waals surface area contributed by atoms with E-state index in [1.807, 2.05) is 0 Å². The molecule has 1 aromatic rings. The van der Waals surface area contributed by atoms with E-state index in [2.05, 4.69) is 10.3 Å². The number of methoxy groups -OCH3 is 1. The predicted molar refractivity (Wildman–Crippen MR) is 53.6 cm³/mol. The van der Waals surface area contributed by atoms with Crippen LogP contribution in [0.1, 0.15) is 17.3 Å². The summed E-state index contributed by atoms with van der Waals surface area (Å²) in [6.45, 7) is 1.36. The predicted octanol–water partition coefficient (Wildman–Crippen LogP) is 0.147. The van der Waals surface area contributed by atoms with Crippen LogP contribution in [0.4, 0.5) is 5.69 Å². The number of ether oxygens (including phenoxy) is 1. The molecule has 0 bridgehead atoms. The minimum Gasteiger partial charge on any atom is -0.480 e. The smallest absolute Gasteiger partial charge is 0.254 e. The SMILES string of the molecule is COc1ncc(NC(C)=O)cc1C(N)=O. The number of amides is 2. The van der Waals surface area contributed by atoms with E-state index < -0.39 is 5.91 Å². The maximum absolute atomic E-state index is 11.0. The molecule has 1 heterocycles. The van der Waals surface area contributed by atoms with Crippen LogP contribution in [0.5, 0.6) is 5.88 Å². The van der Waals surface area contributed by atoms with Crippen molar-refractivity contribution in [2.45, 2.75) is 6.92 Å². The molecule has 6 heteroatoms. The Bertz CT molecular complexity index is 404. The van der Waals surface area contributed by atoms with Crippen molar-refractivity contribution in [1.82, 2.24) is 4.98 Å². The number of rotatable bonds is 3. The number of hydrogen-bond donors (Lipinski definition) is 2. The van der Waals surface area contributed by atoms with Gasteiger partial charge in [-0.15, -0.1) is 0 Å². The molecule has 1 aromatic heterocycles. The van der Waals surface area contributed by atoms with Gasteiger partial charge in [-0.2, -0.15) is 0 Å². The Morgan fingerprint density at radius 2 is 2.20 bits per heavy atom. The molecule has 0 spiro atoms. The number of primary amides is 1. The van der Waals surface area contributed by atoms with Crippen molar-refractivity contribution in [1.29, 1.82) is 0 Å². The molecule has 80 valence electrons. The molecule has 0 saturated carbocycles. The maximum atomic E-state index is 11.0. The summed E-state index contributed by atoms with van der Waals surface area (Å²) in [7, 11) is 1.38. The standard InChI is InChI=1S/C9H11N3O3/c1-5(13)12-6-3-7(8(10)14)9(15-2)11-4-6/h3-4H,1-2H3,(H2,10,14)(H,12,13). The molecule has 6 nitrogen and oxygen atoms in total. The lowest BCUT2D eigenvalue weighted by molar-refractivity contribution is -0.114. The van der Waals surface area contributed by atoms with E-state index in [-0.39, 0.29) is 17.4 Å². The maximum Gasteiger partial charge on any atom is 0.254 e. The highest BCUT2D eigenvalue weighted by Crippen LogP contribution is 2.18. The molecule has 15 heavy (non-hydrogen) atoms. The molecule has 1 rings (SSSR count). The molecule has 0 unspecified atom stereocenters. The molecule has 0 aliphatic carbocycles. The van der Waals surface area contributed by atoms with Crippen LogP contribution in [0.2, 0.25) is 0 Å². The summed E-state index contributed by atoms with van der Waals surface area (Å²) < 4.78 is 4.84. The van der Waals surface area contributed by atoms with Crippen molar-refractivity contribution < 1.29 is 14.3 Å². The van der Waals surface area contributed by atoms with Crippen molar-refractivity contribution in [2.24, 2.45) is 5.73 Å². The fraction of sp³-hybridized carbons (Fsp3) is 0.222. The lowest BCUT2D eigenvalue weighted by atomic mass is 10.2. The second-order valence-electron chi connectivity index (χ2n) is 2.83. The zero-order valence-corrected chi connectivity index (χ0v) is 8.40. The van der Waals surface area contributed by atoms with Gasteiger partial charge in [0.1, 0.15) is 5.56 Å².